The molecular weight excluding hydrogens is 957 g/mol. The number of carbonyl (C=O) groups excluding carboxylic acids is 4. The average Bonchev–Trinajstić information content (AvgIpc) is 3.93. The summed E-state index contributed by atoms with van der Waals surface area (Å²) in [7, 11) is 5.03. The Morgan fingerprint density at radius 3 is 2.38 bits per heavy atom. The van der Waals surface area contributed by atoms with Gasteiger partial charge in [-0.2, -0.15) is 3.89 Å². The number of hydrogen-bond donors (Lipinski definition) is 3. The highest BCUT2D eigenvalue weighted by molar-refractivity contribution is 7.93. The van der Waals surface area contributed by atoms with Gasteiger partial charge in [0.1, 0.15) is 24.5 Å². The van der Waals surface area contributed by atoms with Crippen LogP contribution in [0.5, 0.6) is 0 Å². The zero-order valence-electron chi connectivity index (χ0n) is 43.4. The number of aliphatic hydroxyl groups is 1. The monoisotopic (exact) mass is 1030 g/mol. The van der Waals surface area contributed by atoms with E-state index < -0.39 is 95.4 Å². The van der Waals surface area contributed by atoms with E-state index in [-0.39, 0.29) is 43.9 Å². The number of nitrogens with zero attached hydrogens (tertiary/aromatic N) is 5. The van der Waals surface area contributed by atoms with Crippen molar-refractivity contribution in [2.75, 3.05) is 52.9 Å². The quantitative estimate of drug-likeness (QED) is 0.0520. The lowest BCUT2D eigenvalue weighted by Crippen LogP contribution is -2.61. The summed E-state index contributed by atoms with van der Waals surface area (Å²) < 4.78 is 66.1. The fourth-order valence-corrected chi connectivity index (χ4v) is 10.3. The number of anilines is 1. The number of methoxy groups -OCH3 is 1. The van der Waals surface area contributed by atoms with E-state index in [2.05, 4.69) is 15.6 Å². The second-order valence-electron chi connectivity index (χ2n) is 19.9. The van der Waals surface area contributed by atoms with Gasteiger partial charge in [-0.25, -0.2) is 18.8 Å². The zero-order valence-corrected chi connectivity index (χ0v) is 44.2. The number of ketones is 1. The molecule has 4 N–H and O–H groups in total. The number of benzene rings is 2. The zero-order chi connectivity index (χ0) is 53.1. The molecule has 4 heterocycles. The van der Waals surface area contributed by atoms with Crippen molar-refractivity contribution in [1.82, 2.24) is 30.1 Å². The van der Waals surface area contributed by atoms with Gasteiger partial charge >= 0.3 is 18.0 Å². The molecule has 0 spiro atoms. The average molecular weight is 1030 g/mol. The van der Waals surface area contributed by atoms with E-state index in [0.29, 0.717) is 49.4 Å². The molecule has 400 valence electrons. The molecule has 0 saturated carbocycles. The molecule has 3 aromatic rings. The Kier molecular flexibility index (Phi) is 20.5. The molecule has 18 nitrogen and oxygen atoms in total. The van der Waals surface area contributed by atoms with E-state index in [0.717, 1.165) is 12.5 Å². The SMILES string of the molecule is CC[C@H]1OC(=O)[C@@](C)(F)C(=O)[C@H](C)[C@@H](O[C@@H]2O[C@H](COC(=O)c3ccccc3)CC(N(C)C)C2O)[C@](C)(OC)C[C@@H](C)CN[C@H](C)[C@H]2N(CCCCn3cc(-c4cccc(N)c4)nn3)C(=O)O[C@]12C.CSF. The minimum atomic E-state index is -3.21. The number of unbranched alkanes of at least 4 members (excludes halogenated alkanes) is 1. The maximum atomic E-state index is 17.2. The van der Waals surface area contributed by atoms with Crippen molar-refractivity contribution >= 4 is 41.7 Å². The topological polar surface area (TPSA) is 219 Å². The number of alkyl halides is 1. The number of rotatable bonds is 14. The molecule has 3 fully saturated rings. The van der Waals surface area contributed by atoms with E-state index >= 15 is 4.39 Å². The molecule has 6 rings (SSSR count). The van der Waals surface area contributed by atoms with Gasteiger partial charge in [0.05, 0.1) is 35.6 Å². The van der Waals surface area contributed by atoms with Crippen LogP contribution in [0.3, 0.4) is 0 Å². The third-order valence-corrected chi connectivity index (χ3v) is 14.1. The summed E-state index contributed by atoms with van der Waals surface area (Å²) in [6, 6.07) is 14.2. The molecule has 1 aromatic heterocycles. The molecule has 3 aliphatic heterocycles. The van der Waals surface area contributed by atoms with Crippen molar-refractivity contribution in [3.8, 4) is 11.3 Å². The summed E-state index contributed by atoms with van der Waals surface area (Å²) in [5, 5.41) is 23.9. The summed E-state index contributed by atoms with van der Waals surface area (Å²) in [5.41, 5.74) is 2.45. The summed E-state index contributed by atoms with van der Waals surface area (Å²) >= 11 is 0.250. The fourth-order valence-electron chi connectivity index (χ4n) is 10.3. The maximum Gasteiger partial charge on any atom is 0.410 e. The van der Waals surface area contributed by atoms with Crippen LogP contribution in [-0.2, 0) is 44.6 Å². The summed E-state index contributed by atoms with van der Waals surface area (Å²) in [6.07, 6.45) is -1.42. The standard InChI is InChI=1S/C50H72FN7O11.CH3FS/c1-11-39-50(7)41(58(47(63)69-50)23-16-15-22-57-28-37(54-55-57)34-20-17-21-35(52)24-34)32(4)53-27-30(2)26-48(5,64-10)43(31(3)42(60)49(6,51)46(62)67-39)68-45-40(59)38(56(8)9)25-36(66-45)29-65-44(61)33-18-13-12-14-19-33;1-3-2/h12-14,17-21,24,28,30-32,36,38-41,43,45,53,59H,11,15-16,22-23,25-27,29,52H2,1-10H3;1H3/t30-,31+,32-,36+,38?,39-,40?,41-,43-,45+,48-,49+,50-;/m1./s1. The number of carbonyl (C=O) groups is 4. The lowest BCUT2D eigenvalue weighted by atomic mass is 9.78. The van der Waals surface area contributed by atoms with Gasteiger partial charge in [-0.3, -0.25) is 14.4 Å². The maximum absolute atomic E-state index is 17.2. The number of amides is 1. The Balaban J connectivity index is 0.00000313. The second-order valence-corrected chi connectivity index (χ2v) is 20.2. The van der Waals surface area contributed by atoms with Crippen LogP contribution in [0.1, 0.15) is 90.9 Å². The van der Waals surface area contributed by atoms with Crippen molar-refractivity contribution in [3.05, 3.63) is 66.4 Å². The summed E-state index contributed by atoms with van der Waals surface area (Å²) in [5.74, 6) is -4.72. The van der Waals surface area contributed by atoms with Crippen molar-refractivity contribution < 1.29 is 61.0 Å². The number of nitrogens with one attached hydrogen (secondary N) is 1. The van der Waals surface area contributed by atoms with E-state index in [1.807, 2.05) is 38.2 Å². The normalized spacial score (nSPS) is 32.7. The Morgan fingerprint density at radius 2 is 1.74 bits per heavy atom. The van der Waals surface area contributed by atoms with E-state index in [4.69, 9.17) is 34.2 Å². The first-order valence-corrected chi connectivity index (χ1v) is 25.7. The van der Waals surface area contributed by atoms with Crippen molar-refractivity contribution in [2.45, 2.75) is 153 Å². The Bertz CT molecular complexity index is 2260. The first-order valence-electron chi connectivity index (χ1n) is 24.6. The molecular formula is C51H75F2N7O11S. The number of aryl methyl sites for hydroxylation is 1. The molecule has 2 aromatic carbocycles. The number of cyclic esters (lactones) is 1. The highest BCUT2D eigenvalue weighted by atomic mass is 32.2. The van der Waals surface area contributed by atoms with Gasteiger partial charge in [-0.05, 0) is 111 Å². The molecule has 0 bridgehead atoms. The lowest BCUT2D eigenvalue weighted by molar-refractivity contribution is -0.300. The van der Waals surface area contributed by atoms with Gasteiger partial charge in [0, 0.05) is 67.9 Å². The molecule has 1 amide bonds. The highest BCUT2D eigenvalue weighted by Gasteiger charge is 2.60. The Labute approximate surface area is 426 Å². The predicted molar refractivity (Wildman–Crippen MR) is 268 cm³/mol. The van der Waals surface area contributed by atoms with Crippen LogP contribution in [0, 0.1) is 11.8 Å². The predicted octanol–water partition coefficient (Wildman–Crippen LogP) is 6.45. The number of halogens is 2. The van der Waals surface area contributed by atoms with Crippen LogP contribution in [0.25, 0.3) is 11.3 Å². The molecule has 3 saturated heterocycles. The van der Waals surface area contributed by atoms with Gasteiger partial charge in [0.25, 0.3) is 5.67 Å². The number of hydrogen-bond acceptors (Lipinski definition) is 17. The van der Waals surface area contributed by atoms with Crippen LogP contribution in [-0.4, -0.2) is 167 Å². The number of Topliss-reactive ketones (excluding diaryl/α,β-unsaturated/α-hetero) is 1. The van der Waals surface area contributed by atoms with E-state index in [9.17, 15) is 28.2 Å². The molecule has 13 atom stereocenters. The minimum absolute atomic E-state index is 0.129. The fraction of sp³-hybridized carbons (Fsp3) is 0.647. The highest BCUT2D eigenvalue weighted by Crippen LogP contribution is 2.41. The number of aliphatic hydroxyl groups excluding tert-OH is 1. The number of nitrogens with two attached hydrogens (primary N) is 1. The number of ether oxygens (including phenoxy) is 6. The largest absolute Gasteiger partial charge is 0.459 e. The third kappa shape index (κ3) is 13.7. The summed E-state index contributed by atoms with van der Waals surface area (Å²) in [4.78, 5) is 59.0. The third-order valence-electron chi connectivity index (χ3n) is 14.1. The molecule has 72 heavy (non-hydrogen) atoms. The molecule has 2 unspecified atom stereocenters. The smallest absolute Gasteiger partial charge is 0.410 e. The lowest BCUT2D eigenvalue weighted by Gasteiger charge is -2.47. The number of nitrogen functional groups attached to an aromatic ring is 1. The van der Waals surface area contributed by atoms with Gasteiger partial charge in [-0.15, -0.1) is 5.10 Å². The van der Waals surface area contributed by atoms with Crippen molar-refractivity contribution in [1.29, 1.82) is 0 Å². The van der Waals surface area contributed by atoms with E-state index in [1.165, 1.54) is 20.3 Å². The van der Waals surface area contributed by atoms with Crippen LogP contribution in [0.4, 0.5) is 18.8 Å². The van der Waals surface area contributed by atoms with Crippen LogP contribution in [0.2, 0.25) is 0 Å². The summed E-state index contributed by atoms with van der Waals surface area (Å²) in [6.45, 7) is 12.4. The van der Waals surface area contributed by atoms with Crippen LogP contribution >= 0.6 is 12.1 Å². The molecule has 0 aliphatic carbocycles. The minimum Gasteiger partial charge on any atom is -0.459 e. The van der Waals surface area contributed by atoms with E-state index in [1.54, 1.807) is 85.7 Å². The number of likely N-dealkylation sites (N-methyl/N-ethyl adjacent to an activating group) is 1. The van der Waals surface area contributed by atoms with Gasteiger partial charge in [0.15, 0.2) is 17.7 Å². The van der Waals surface area contributed by atoms with Gasteiger partial charge < -0.3 is 49.5 Å². The Hall–Kier alpha value is -4.77. The molecule has 3 aliphatic rings. The number of fused-ring (bicyclic) bond motifs is 1. The first-order chi connectivity index (χ1) is 34.0. The van der Waals surface area contributed by atoms with Crippen molar-refractivity contribution in [3.63, 3.8) is 0 Å². The molecule has 0 radical (unpaired) electrons. The molecule has 21 heteroatoms. The van der Waals surface area contributed by atoms with Gasteiger partial charge in [0.2, 0.25) is 0 Å². The Morgan fingerprint density at radius 1 is 1.06 bits per heavy atom. The van der Waals surface area contributed by atoms with Crippen LogP contribution < -0.4 is 11.1 Å². The first kappa shape index (κ1) is 58.1. The second kappa shape index (κ2) is 25.4. The van der Waals surface area contributed by atoms with Crippen LogP contribution in [0.15, 0.2) is 60.8 Å². The van der Waals surface area contributed by atoms with Gasteiger partial charge in [-0.1, -0.05) is 56.3 Å². The number of aromatic nitrogens is 3. The van der Waals surface area contributed by atoms with Crippen molar-refractivity contribution in [2.24, 2.45) is 11.8 Å². The number of esters is 2.